The Morgan fingerprint density at radius 2 is 1.90 bits per heavy atom. The van der Waals surface area contributed by atoms with Crippen molar-refractivity contribution in [2.75, 3.05) is 0 Å². The summed E-state index contributed by atoms with van der Waals surface area (Å²) in [4.78, 5) is 0. The molecule has 2 saturated carbocycles. The van der Waals surface area contributed by atoms with Crippen molar-refractivity contribution in [1.82, 2.24) is 5.32 Å². The minimum atomic E-state index is 0.426. The van der Waals surface area contributed by atoms with Crippen LogP contribution in [0.25, 0.3) is 0 Å². The van der Waals surface area contributed by atoms with E-state index in [1.54, 1.807) is 0 Å². The molecule has 2 aliphatic rings. The van der Waals surface area contributed by atoms with Gasteiger partial charge in [0.15, 0.2) is 0 Å². The van der Waals surface area contributed by atoms with E-state index in [0.29, 0.717) is 22.9 Å². The van der Waals surface area contributed by atoms with E-state index >= 15 is 0 Å². The van der Waals surface area contributed by atoms with Crippen molar-refractivity contribution in [1.29, 1.82) is 0 Å². The van der Waals surface area contributed by atoms with E-state index in [2.05, 4.69) is 73.2 Å². The standard InChI is InChI=1S/C19H28BrN/c1-5-16(13-6-8-15(20)9-7-13)21-17-18(2,3)14-10-11-19(17,4)12-14/h6-9,14,16-17,21H,5,10-12H2,1-4H3. The average Bonchev–Trinajstić information content (AvgIpc) is 2.91. The second kappa shape index (κ2) is 5.38. The summed E-state index contributed by atoms with van der Waals surface area (Å²) in [5.74, 6) is 0.905. The second-order valence-electron chi connectivity index (χ2n) is 8.03. The van der Waals surface area contributed by atoms with Crippen molar-refractivity contribution >= 4 is 15.9 Å². The molecule has 4 atom stereocenters. The van der Waals surface area contributed by atoms with E-state index in [1.807, 2.05) is 0 Å². The van der Waals surface area contributed by atoms with Crippen LogP contribution in [0.15, 0.2) is 28.7 Å². The maximum absolute atomic E-state index is 4.05. The highest BCUT2D eigenvalue weighted by atomic mass is 79.9. The van der Waals surface area contributed by atoms with Crippen molar-refractivity contribution in [3.05, 3.63) is 34.3 Å². The predicted molar refractivity (Wildman–Crippen MR) is 93.3 cm³/mol. The second-order valence-corrected chi connectivity index (χ2v) is 8.94. The van der Waals surface area contributed by atoms with Gasteiger partial charge in [-0.25, -0.2) is 0 Å². The summed E-state index contributed by atoms with van der Waals surface area (Å²) in [6.45, 7) is 9.76. The van der Waals surface area contributed by atoms with Crippen LogP contribution in [0.5, 0.6) is 0 Å². The fourth-order valence-electron chi connectivity index (χ4n) is 5.06. The quantitative estimate of drug-likeness (QED) is 0.734. The van der Waals surface area contributed by atoms with Crippen LogP contribution in [0.2, 0.25) is 0 Å². The molecule has 2 fully saturated rings. The van der Waals surface area contributed by atoms with Gasteiger partial charge in [-0.2, -0.15) is 0 Å². The Morgan fingerprint density at radius 3 is 2.43 bits per heavy atom. The van der Waals surface area contributed by atoms with Crippen LogP contribution in [0.3, 0.4) is 0 Å². The molecule has 0 spiro atoms. The zero-order chi connectivity index (χ0) is 15.3. The molecule has 2 bridgehead atoms. The van der Waals surface area contributed by atoms with Gasteiger partial charge in [0.2, 0.25) is 0 Å². The molecule has 2 aliphatic carbocycles. The van der Waals surface area contributed by atoms with Gasteiger partial charge in [-0.1, -0.05) is 55.8 Å². The van der Waals surface area contributed by atoms with Crippen LogP contribution in [0.4, 0.5) is 0 Å². The SMILES string of the molecule is CCC(NC1C2(C)CCC(C2)C1(C)C)c1ccc(Br)cc1. The molecule has 0 radical (unpaired) electrons. The zero-order valence-electron chi connectivity index (χ0n) is 13.7. The van der Waals surface area contributed by atoms with Crippen molar-refractivity contribution in [3.63, 3.8) is 0 Å². The monoisotopic (exact) mass is 349 g/mol. The van der Waals surface area contributed by atoms with Gasteiger partial charge in [0.1, 0.15) is 0 Å². The van der Waals surface area contributed by atoms with Crippen molar-refractivity contribution in [2.24, 2.45) is 16.7 Å². The maximum Gasteiger partial charge on any atom is 0.0320 e. The molecule has 0 aliphatic heterocycles. The average molecular weight is 350 g/mol. The Balaban J connectivity index is 1.82. The molecule has 0 amide bonds. The van der Waals surface area contributed by atoms with E-state index in [-0.39, 0.29) is 0 Å². The van der Waals surface area contributed by atoms with Gasteiger partial charge >= 0.3 is 0 Å². The smallest absolute Gasteiger partial charge is 0.0320 e. The lowest BCUT2D eigenvalue weighted by molar-refractivity contribution is 0.0976. The predicted octanol–water partition coefficient (Wildman–Crippen LogP) is 5.70. The Bertz CT molecular complexity index is 502. The number of rotatable bonds is 4. The van der Waals surface area contributed by atoms with E-state index < -0.39 is 0 Å². The first-order valence-electron chi connectivity index (χ1n) is 8.38. The summed E-state index contributed by atoms with van der Waals surface area (Å²) >= 11 is 3.54. The third-order valence-electron chi connectivity index (χ3n) is 6.32. The molecule has 4 unspecified atom stereocenters. The highest BCUT2D eigenvalue weighted by molar-refractivity contribution is 9.10. The molecule has 21 heavy (non-hydrogen) atoms. The lowest BCUT2D eigenvalue weighted by atomic mass is 9.68. The first kappa shape index (κ1) is 15.6. The number of fused-ring (bicyclic) bond motifs is 2. The molecule has 0 aromatic heterocycles. The van der Waals surface area contributed by atoms with Gasteiger partial charge < -0.3 is 5.32 Å². The molecule has 1 aromatic carbocycles. The number of nitrogens with one attached hydrogen (secondary N) is 1. The van der Waals surface area contributed by atoms with Crippen LogP contribution in [0.1, 0.15) is 65.0 Å². The maximum atomic E-state index is 4.05. The summed E-state index contributed by atoms with van der Waals surface area (Å²) in [6.07, 6.45) is 5.38. The Hall–Kier alpha value is -0.340. The molecule has 0 saturated heterocycles. The normalized spacial score (nSPS) is 35.1. The largest absolute Gasteiger partial charge is 0.306 e. The molecular formula is C19H28BrN. The molecule has 1 aromatic rings. The molecule has 1 nitrogen and oxygen atoms in total. The fourth-order valence-corrected chi connectivity index (χ4v) is 5.33. The summed E-state index contributed by atoms with van der Waals surface area (Å²) < 4.78 is 1.16. The van der Waals surface area contributed by atoms with Gasteiger partial charge in [-0.05, 0) is 60.1 Å². The van der Waals surface area contributed by atoms with Crippen molar-refractivity contribution < 1.29 is 0 Å². The highest BCUT2D eigenvalue weighted by Crippen LogP contribution is 2.62. The van der Waals surface area contributed by atoms with Gasteiger partial charge in [-0.3, -0.25) is 0 Å². The van der Waals surface area contributed by atoms with Crippen molar-refractivity contribution in [2.45, 2.75) is 65.5 Å². The summed E-state index contributed by atoms with van der Waals surface area (Å²) in [5, 5.41) is 4.05. The number of hydrogen-bond donors (Lipinski definition) is 1. The Kier molecular flexibility index (Phi) is 3.99. The number of benzene rings is 1. The molecule has 3 rings (SSSR count). The van der Waals surface area contributed by atoms with E-state index in [4.69, 9.17) is 0 Å². The van der Waals surface area contributed by atoms with E-state index in [9.17, 15) is 0 Å². The lowest BCUT2D eigenvalue weighted by Crippen LogP contribution is -2.51. The van der Waals surface area contributed by atoms with Crippen LogP contribution < -0.4 is 5.32 Å². The lowest BCUT2D eigenvalue weighted by Gasteiger charge is -2.45. The fraction of sp³-hybridized carbons (Fsp3) is 0.684. The summed E-state index contributed by atoms with van der Waals surface area (Å²) in [7, 11) is 0. The highest BCUT2D eigenvalue weighted by Gasteiger charge is 2.59. The zero-order valence-corrected chi connectivity index (χ0v) is 15.3. The third-order valence-corrected chi connectivity index (χ3v) is 6.85. The minimum Gasteiger partial charge on any atom is -0.306 e. The summed E-state index contributed by atoms with van der Waals surface area (Å²) in [6, 6.07) is 9.94. The number of hydrogen-bond acceptors (Lipinski definition) is 1. The molecule has 1 N–H and O–H groups in total. The first-order valence-corrected chi connectivity index (χ1v) is 9.17. The number of halogens is 1. The molecule has 116 valence electrons. The van der Waals surface area contributed by atoms with E-state index in [0.717, 1.165) is 16.8 Å². The van der Waals surface area contributed by atoms with Gasteiger partial charge in [0.05, 0.1) is 0 Å². The minimum absolute atomic E-state index is 0.426. The van der Waals surface area contributed by atoms with E-state index in [1.165, 1.54) is 24.8 Å². The van der Waals surface area contributed by atoms with Gasteiger partial charge in [0.25, 0.3) is 0 Å². The Labute approximate surface area is 138 Å². The first-order chi connectivity index (χ1) is 9.87. The van der Waals surface area contributed by atoms with Gasteiger partial charge in [0, 0.05) is 16.6 Å². The van der Waals surface area contributed by atoms with Crippen LogP contribution in [-0.2, 0) is 0 Å². The van der Waals surface area contributed by atoms with Crippen molar-refractivity contribution in [3.8, 4) is 0 Å². The molecular weight excluding hydrogens is 322 g/mol. The Morgan fingerprint density at radius 1 is 1.24 bits per heavy atom. The topological polar surface area (TPSA) is 12.0 Å². The van der Waals surface area contributed by atoms with Crippen LogP contribution in [0, 0.1) is 16.7 Å². The summed E-state index contributed by atoms with van der Waals surface area (Å²) in [5.41, 5.74) is 2.34. The third kappa shape index (κ3) is 2.59. The molecule has 2 heteroatoms. The molecule has 0 heterocycles. The van der Waals surface area contributed by atoms with Gasteiger partial charge in [-0.15, -0.1) is 0 Å². The van der Waals surface area contributed by atoms with Crippen LogP contribution in [-0.4, -0.2) is 6.04 Å². The van der Waals surface area contributed by atoms with Crippen LogP contribution >= 0.6 is 15.9 Å².